The average Bonchev–Trinajstić information content (AvgIpc) is 2.43. The van der Waals surface area contributed by atoms with E-state index in [0.29, 0.717) is 15.7 Å². The molecule has 0 radical (unpaired) electrons. The van der Waals surface area contributed by atoms with Crippen molar-refractivity contribution in [3.05, 3.63) is 64.4 Å². The Morgan fingerprint density at radius 2 is 1.89 bits per heavy atom. The molecule has 3 N–H and O–H groups in total. The molecule has 0 aromatic heterocycles. The Morgan fingerprint density at radius 3 is 2.53 bits per heavy atom. The Balaban J connectivity index is 2.10. The van der Waals surface area contributed by atoms with E-state index >= 15 is 0 Å². The molecule has 1 amide bonds. The van der Waals surface area contributed by atoms with Crippen LogP contribution in [0.1, 0.15) is 11.6 Å². The first-order chi connectivity index (χ1) is 9.08. The second-order valence-electron chi connectivity index (χ2n) is 4.01. The molecule has 0 aliphatic carbocycles. The van der Waals surface area contributed by atoms with Crippen molar-refractivity contribution in [2.24, 2.45) is 5.73 Å². The molecule has 2 aromatic carbocycles. The molecule has 0 bridgehead atoms. The van der Waals surface area contributed by atoms with E-state index in [9.17, 15) is 9.18 Å². The number of anilines is 1. The zero-order chi connectivity index (χ0) is 13.8. The van der Waals surface area contributed by atoms with Crippen molar-refractivity contribution in [2.75, 3.05) is 5.32 Å². The Kier molecular flexibility index (Phi) is 4.29. The number of hydrogen-bond acceptors (Lipinski definition) is 2. The molecule has 5 heteroatoms. The minimum atomic E-state index is -0.784. The largest absolute Gasteiger partial charge is 0.324 e. The predicted molar refractivity (Wildman–Crippen MR) is 76.1 cm³/mol. The number of nitrogens with one attached hydrogen (secondary N) is 1. The van der Waals surface area contributed by atoms with Crippen molar-refractivity contribution in [3.8, 4) is 0 Å². The summed E-state index contributed by atoms with van der Waals surface area (Å²) in [4.78, 5) is 11.9. The Hall–Kier alpha value is -1.72. The Bertz CT molecular complexity index is 589. The lowest BCUT2D eigenvalue weighted by Gasteiger charge is -2.12. The second-order valence-corrected chi connectivity index (χ2v) is 4.86. The van der Waals surface area contributed by atoms with Gasteiger partial charge in [0.25, 0.3) is 0 Å². The summed E-state index contributed by atoms with van der Waals surface area (Å²) in [5.41, 5.74) is 6.92. The van der Waals surface area contributed by atoms with E-state index in [4.69, 9.17) is 5.73 Å². The van der Waals surface area contributed by atoms with E-state index in [1.54, 1.807) is 18.2 Å². The molecule has 0 aliphatic heterocycles. The van der Waals surface area contributed by atoms with Crippen LogP contribution in [0, 0.1) is 5.82 Å². The third-order valence-corrected chi connectivity index (χ3v) is 3.27. The lowest BCUT2D eigenvalue weighted by molar-refractivity contribution is -0.117. The maximum atomic E-state index is 13.3. The molecule has 0 fully saturated rings. The first kappa shape index (κ1) is 13.7. The summed E-state index contributed by atoms with van der Waals surface area (Å²) >= 11 is 3.05. The van der Waals surface area contributed by atoms with Crippen LogP contribution in [0.3, 0.4) is 0 Å². The summed E-state index contributed by atoms with van der Waals surface area (Å²) in [6, 6.07) is 12.6. The average molecular weight is 323 g/mol. The van der Waals surface area contributed by atoms with Gasteiger partial charge in [-0.2, -0.15) is 0 Å². The SMILES string of the molecule is N[C@H](C(=O)Nc1ccc(Br)c(F)c1)c1ccccc1. The number of carbonyl (C=O) groups is 1. The van der Waals surface area contributed by atoms with E-state index in [1.807, 2.05) is 18.2 Å². The van der Waals surface area contributed by atoms with Crippen LogP contribution < -0.4 is 11.1 Å². The maximum Gasteiger partial charge on any atom is 0.245 e. The standard InChI is InChI=1S/C14H12BrFN2O/c15-11-7-6-10(8-12(11)16)18-14(19)13(17)9-4-2-1-3-5-9/h1-8,13H,17H2,(H,18,19)/t13-/m0/s1. The van der Waals surface area contributed by atoms with Crippen molar-refractivity contribution >= 4 is 27.5 Å². The number of rotatable bonds is 3. The number of carbonyl (C=O) groups excluding carboxylic acids is 1. The third kappa shape index (κ3) is 3.39. The van der Waals surface area contributed by atoms with Crippen LogP contribution in [0.25, 0.3) is 0 Å². The molecule has 0 saturated carbocycles. The highest BCUT2D eigenvalue weighted by molar-refractivity contribution is 9.10. The van der Waals surface area contributed by atoms with Crippen LogP contribution >= 0.6 is 15.9 Å². The van der Waals surface area contributed by atoms with E-state index in [0.717, 1.165) is 0 Å². The quantitative estimate of drug-likeness (QED) is 0.911. The molecule has 2 rings (SSSR count). The van der Waals surface area contributed by atoms with E-state index < -0.39 is 11.9 Å². The number of halogens is 2. The summed E-state index contributed by atoms with van der Waals surface area (Å²) in [7, 11) is 0. The Labute approximate surface area is 118 Å². The highest BCUT2D eigenvalue weighted by Crippen LogP contribution is 2.20. The minimum absolute atomic E-state index is 0.345. The molecule has 1 atom stereocenters. The predicted octanol–water partition coefficient (Wildman–Crippen LogP) is 3.23. The highest BCUT2D eigenvalue weighted by atomic mass is 79.9. The topological polar surface area (TPSA) is 55.1 Å². The van der Waals surface area contributed by atoms with Crippen LogP contribution in [-0.2, 0) is 4.79 Å². The van der Waals surface area contributed by atoms with Crippen LogP contribution in [0.5, 0.6) is 0 Å². The smallest absolute Gasteiger partial charge is 0.245 e. The third-order valence-electron chi connectivity index (χ3n) is 2.63. The van der Waals surface area contributed by atoms with E-state index in [2.05, 4.69) is 21.2 Å². The molecular formula is C14H12BrFN2O. The fourth-order valence-corrected chi connectivity index (χ4v) is 1.85. The number of hydrogen-bond donors (Lipinski definition) is 2. The van der Waals surface area contributed by atoms with Crippen molar-refractivity contribution < 1.29 is 9.18 Å². The molecule has 0 unspecified atom stereocenters. The van der Waals surface area contributed by atoms with Gasteiger partial charge in [0.05, 0.1) is 4.47 Å². The molecule has 98 valence electrons. The monoisotopic (exact) mass is 322 g/mol. The summed E-state index contributed by atoms with van der Waals surface area (Å²) < 4.78 is 13.7. The zero-order valence-corrected chi connectivity index (χ0v) is 11.5. The van der Waals surface area contributed by atoms with E-state index in [-0.39, 0.29) is 5.91 Å². The van der Waals surface area contributed by atoms with Crippen LogP contribution in [0.2, 0.25) is 0 Å². The van der Waals surface area contributed by atoms with Gasteiger partial charge in [-0.1, -0.05) is 30.3 Å². The van der Waals surface area contributed by atoms with Crippen molar-refractivity contribution in [1.82, 2.24) is 0 Å². The van der Waals surface area contributed by atoms with Gasteiger partial charge in [-0.3, -0.25) is 4.79 Å². The van der Waals surface area contributed by atoms with Gasteiger partial charge in [0, 0.05) is 5.69 Å². The van der Waals surface area contributed by atoms with Crippen molar-refractivity contribution in [1.29, 1.82) is 0 Å². The van der Waals surface area contributed by atoms with Crippen LogP contribution in [0.15, 0.2) is 53.0 Å². The van der Waals surface area contributed by atoms with Gasteiger partial charge in [-0.15, -0.1) is 0 Å². The van der Waals surface area contributed by atoms with Crippen LogP contribution in [-0.4, -0.2) is 5.91 Å². The Morgan fingerprint density at radius 1 is 1.21 bits per heavy atom. The first-order valence-electron chi connectivity index (χ1n) is 5.64. The number of benzene rings is 2. The van der Waals surface area contributed by atoms with Gasteiger partial charge in [0.15, 0.2) is 0 Å². The summed E-state index contributed by atoms with van der Waals surface area (Å²) in [5, 5.41) is 2.58. The summed E-state index contributed by atoms with van der Waals surface area (Å²) in [6.45, 7) is 0. The summed E-state index contributed by atoms with van der Waals surface area (Å²) in [5.74, 6) is -0.820. The number of amides is 1. The van der Waals surface area contributed by atoms with Crippen molar-refractivity contribution in [2.45, 2.75) is 6.04 Å². The molecule has 2 aromatic rings. The zero-order valence-electron chi connectivity index (χ0n) is 9.94. The van der Waals surface area contributed by atoms with Gasteiger partial charge in [0.2, 0.25) is 5.91 Å². The molecule has 0 aliphatic rings. The minimum Gasteiger partial charge on any atom is -0.324 e. The fourth-order valence-electron chi connectivity index (χ4n) is 1.61. The fraction of sp³-hybridized carbons (Fsp3) is 0.0714. The lowest BCUT2D eigenvalue weighted by atomic mass is 10.1. The van der Waals surface area contributed by atoms with Gasteiger partial charge >= 0.3 is 0 Å². The van der Waals surface area contributed by atoms with Crippen LogP contribution in [0.4, 0.5) is 10.1 Å². The molecule has 3 nitrogen and oxygen atoms in total. The first-order valence-corrected chi connectivity index (χ1v) is 6.43. The molecular weight excluding hydrogens is 311 g/mol. The maximum absolute atomic E-state index is 13.3. The second kappa shape index (κ2) is 5.95. The molecule has 0 heterocycles. The van der Waals surface area contributed by atoms with Gasteiger partial charge in [-0.05, 0) is 39.7 Å². The number of nitrogens with two attached hydrogens (primary N) is 1. The molecule has 0 saturated heterocycles. The van der Waals surface area contributed by atoms with E-state index in [1.165, 1.54) is 12.1 Å². The van der Waals surface area contributed by atoms with Gasteiger partial charge < -0.3 is 11.1 Å². The van der Waals surface area contributed by atoms with Gasteiger partial charge in [0.1, 0.15) is 11.9 Å². The molecule has 19 heavy (non-hydrogen) atoms. The highest BCUT2D eigenvalue weighted by Gasteiger charge is 2.15. The normalized spacial score (nSPS) is 11.9. The molecule has 0 spiro atoms. The summed E-state index contributed by atoms with van der Waals surface area (Å²) in [6.07, 6.45) is 0. The van der Waals surface area contributed by atoms with Crippen molar-refractivity contribution in [3.63, 3.8) is 0 Å². The van der Waals surface area contributed by atoms with Gasteiger partial charge in [-0.25, -0.2) is 4.39 Å². The lowest BCUT2D eigenvalue weighted by Crippen LogP contribution is -2.27.